The largest absolute Gasteiger partial charge is 0.271 e. The highest BCUT2D eigenvalue weighted by atomic mass is 32.2. The van der Waals surface area contributed by atoms with Crippen molar-refractivity contribution >= 4 is 33.5 Å². The van der Waals surface area contributed by atoms with Gasteiger partial charge in [-0.25, -0.2) is 18.2 Å². The first-order chi connectivity index (χ1) is 12.7. The van der Waals surface area contributed by atoms with Crippen molar-refractivity contribution in [1.82, 2.24) is 5.43 Å². The predicted molar refractivity (Wildman–Crippen MR) is 97.4 cm³/mol. The van der Waals surface area contributed by atoms with Crippen LogP contribution in [0.3, 0.4) is 0 Å². The molecule has 1 N–H and O–H groups in total. The van der Waals surface area contributed by atoms with Crippen molar-refractivity contribution in [2.45, 2.75) is 0 Å². The molecule has 0 saturated carbocycles. The second-order valence-corrected chi connectivity index (χ2v) is 7.30. The van der Waals surface area contributed by atoms with Crippen LogP contribution in [0.2, 0.25) is 0 Å². The van der Waals surface area contributed by atoms with E-state index in [4.69, 9.17) is 0 Å². The van der Waals surface area contributed by atoms with Crippen molar-refractivity contribution in [1.29, 1.82) is 0 Å². The van der Waals surface area contributed by atoms with E-state index in [1.807, 2.05) is 0 Å². The van der Waals surface area contributed by atoms with Gasteiger partial charge in [-0.05, 0) is 35.9 Å². The Morgan fingerprint density at radius 3 is 2.52 bits per heavy atom. The van der Waals surface area contributed by atoms with E-state index in [0.29, 0.717) is 5.56 Å². The summed E-state index contributed by atoms with van der Waals surface area (Å²) in [6.07, 6.45) is 2.14. The zero-order chi connectivity index (χ0) is 20.0. The molecule has 0 spiro atoms. The van der Waals surface area contributed by atoms with E-state index in [1.54, 1.807) is 0 Å². The maximum Gasteiger partial charge on any atom is 0.269 e. The zero-order valence-electron chi connectivity index (χ0n) is 14.1. The van der Waals surface area contributed by atoms with Crippen LogP contribution in [0, 0.1) is 15.9 Å². The van der Waals surface area contributed by atoms with Crippen molar-refractivity contribution in [3.05, 3.63) is 70.0 Å². The van der Waals surface area contributed by atoms with Gasteiger partial charge < -0.3 is 0 Å². The number of amides is 1. The topological polar surface area (TPSA) is 122 Å². The molecule has 11 heteroatoms. The number of nitrogens with one attached hydrogen (secondary N) is 1. The molecule has 9 nitrogen and oxygen atoms in total. The van der Waals surface area contributed by atoms with E-state index in [-0.39, 0.29) is 11.4 Å². The van der Waals surface area contributed by atoms with E-state index in [1.165, 1.54) is 42.6 Å². The summed E-state index contributed by atoms with van der Waals surface area (Å²) in [5, 5.41) is 14.2. The van der Waals surface area contributed by atoms with Gasteiger partial charge in [0.05, 0.1) is 23.1 Å². The molecule has 0 unspecified atom stereocenters. The van der Waals surface area contributed by atoms with E-state index in [0.717, 1.165) is 22.7 Å². The van der Waals surface area contributed by atoms with Crippen molar-refractivity contribution < 1.29 is 22.5 Å². The third-order valence-electron chi connectivity index (χ3n) is 3.29. The number of nitro benzene ring substituents is 1. The van der Waals surface area contributed by atoms with Gasteiger partial charge >= 0.3 is 0 Å². The maximum atomic E-state index is 13.3. The third kappa shape index (κ3) is 5.85. The van der Waals surface area contributed by atoms with Crippen LogP contribution in [0.5, 0.6) is 0 Å². The number of nitrogens with zero attached hydrogens (tertiary/aromatic N) is 3. The van der Waals surface area contributed by atoms with Crippen LogP contribution >= 0.6 is 0 Å². The highest BCUT2D eigenvalue weighted by Crippen LogP contribution is 2.18. The number of rotatable bonds is 7. The number of hydrazone groups is 1. The van der Waals surface area contributed by atoms with Gasteiger partial charge in [0.1, 0.15) is 12.4 Å². The fourth-order valence-electron chi connectivity index (χ4n) is 2.06. The second-order valence-electron chi connectivity index (χ2n) is 5.39. The number of non-ortho nitro benzene ring substituents is 1. The number of halogens is 1. The molecule has 0 aliphatic rings. The summed E-state index contributed by atoms with van der Waals surface area (Å²) in [7, 11) is -3.83. The average Bonchev–Trinajstić information content (AvgIpc) is 2.59. The van der Waals surface area contributed by atoms with Crippen LogP contribution in [0.25, 0.3) is 0 Å². The Kier molecular flexibility index (Phi) is 6.19. The van der Waals surface area contributed by atoms with Gasteiger partial charge in [0.15, 0.2) is 0 Å². The van der Waals surface area contributed by atoms with Gasteiger partial charge in [0.2, 0.25) is 10.0 Å². The minimum atomic E-state index is -3.83. The van der Waals surface area contributed by atoms with Crippen LogP contribution in [0.1, 0.15) is 5.56 Å². The Labute approximate surface area is 154 Å². The summed E-state index contributed by atoms with van der Waals surface area (Å²) in [4.78, 5) is 22.0. The first kappa shape index (κ1) is 20.0. The predicted octanol–water partition coefficient (Wildman–Crippen LogP) is 1.65. The highest BCUT2D eigenvalue weighted by molar-refractivity contribution is 7.92. The molecule has 0 aliphatic carbocycles. The van der Waals surface area contributed by atoms with Crippen LogP contribution in [-0.4, -0.2) is 38.3 Å². The average molecular weight is 394 g/mol. The monoisotopic (exact) mass is 394 g/mol. The summed E-state index contributed by atoms with van der Waals surface area (Å²) < 4.78 is 37.9. The fourth-order valence-corrected chi connectivity index (χ4v) is 2.91. The zero-order valence-corrected chi connectivity index (χ0v) is 14.9. The summed E-state index contributed by atoms with van der Waals surface area (Å²) in [6, 6.07) is 10.3. The number of nitro groups is 1. The lowest BCUT2D eigenvalue weighted by Crippen LogP contribution is -2.39. The van der Waals surface area contributed by atoms with Crippen LogP contribution < -0.4 is 9.73 Å². The van der Waals surface area contributed by atoms with Crippen molar-refractivity contribution in [2.24, 2.45) is 5.10 Å². The normalized spacial score (nSPS) is 11.3. The smallest absolute Gasteiger partial charge is 0.269 e. The number of hydrogen-bond acceptors (Lipinski definition) is 6. The summed E-state index contributed by atoms with van der Waals surface area (Å²) in [6.45, 7) is -0.597. The van der Waals surface area contributed by atoms with Crippen molar-refractivity contribution in [2.75, 3.05) is 17.1 Å². The van der Waals surface area contributed by atoms with Crippen LogP contribution in [0.4, 0.5) is 15.8 Å². The minimum absolute atomic E-state index is 0.00648. The van der Waals surface area contributed by atoms with E-state index < -0.39 is 33.2 Å². The standard InChI is InChI=1S/C16H15FN4O5S/c1-27(25,26)20(15-4-2-3-13(17)9-15)11-16(22)19-18-10-12-5-7-14(8-6-12)21(23)24/h2-10H,11H2,1H3,(H,19,22)/b18-10-. The molecular weight excluding hydrogens is 379 g/mol. The van der Waals surface area contributed by atoms with Crippen molar-refractivity contribution in [3.8, 4) is 0 Å². The molecule has 0 atom stereocenters. The lowest BCUT2D eigenvalue weighted by molar-refractivity contribution is -0.384. The van der Waals surface area contributed by atoms with Gasteiger partial charge in [-0.15, -0.1) is 0 Å². The number of hydrogen-bond donors (Lipinski definition) is 1. The van der Waals surface area contributed by atoms with Gasteiger partial charge in [-0.1, -0.05) is 6.07 Å². The quantitative estimate of drug-likeness (QED) is 0.435. The Balaban J connectivity index is 2.04. The van der Waals surface area contributed by atoms with E-state index in [9.17, 15) is 27.7 Å². The van der Waals surface area contributed by atoms with Crippen LogP contribution in [0.15, 0.2) is 53.6 Å². The maximum absolute atomic E-state index is 13.3. The first-order valence-corrected chi connectivity index (χ1v) is 9.31. The number of carbonyl (C=O) groups is 1. The molecule has 0 aliphatic heterocycles. The summed E-state index contributed by atoms with van der Waals surface area (Å²) in [5.41, 5.74) is 2.56. The Morgan fingerprint density at radius 2 is 1.96 bits per heavy atom. The molecule has 0 bridgehead atoms. The molecule has 2 aromatic carbocycles. The SMILES string of the molecule is CS(=O)(=O)N(CC(=O)N/N=C\c1ccc([N+](=O)[O-])cc1)c1cccc(F)c1. The number of carbonyl (C=O) groups excluding carboxylic acids is 1. The van der Waals surface area contributed by atoms with E-state index >= 15 is 0 Å². The summed E-state index contributed by atoms with van der Waals surface area (Å²) in [5.74, 6) is -1.39. The highest BCUT2D eigenvalue weighted by Gasteiger charge is 2.21. The Bertz CT molecular complexity index is 977. The van der Waals surface area contributed by atoms with Gasteiger partial charge in [-0.2, -0.15) is 5.10 Å². The first-order valence-electron chi connectivity index (χ1n) is 7.46. The van der Waals surface area contributed by atoms with Crippen molar-refractivity contribution in [3.63, 3.8) is 0 Å². The molecule has 0 heterocycles. The molecule has 0 fully saturated rings. The molecular formula is C16H15FN4O5S. The molecule has 142 valence electrons. The molecule has 2 rings (SSSR count). The molecule has 27 heavy (non-hydrogen) atoms. The fraction of sp³-hybridized carbons (Fsp3) is 0.125. The minimum Gasteiger partial charge on any atom is -0.271 e. The van der Waals surface area contributed by atoms with Gasteiger partial charge in [-0.3, -0.25) is 19.2 Å². The number of benzene rings is 2. The third-order valence-corrected chi connectivity index (χ3v) is 4.43. The Hall–Kier alpha value is -3.34. The molecule has 0 aromatic heterocycles. The van der Waals surface area contributed by atoms with Crippen LogP contribution in [-0.2, 0) is 14.8 Å². The summed E-state index contributed by atoms with van der Waals surface area (Å²) >= 11 is 0. The number of anilines is 1. The van der Waals surface area contributed by atoms with Gasteiger partial charge in [0, 0.05) is 12.1 Å². The molecule has 2 aromatic rings. The Morgan fingerprint density at radius 1 is 1.30 bits per heavy atom. The van der Waals surface area contributed by atoms with E-state index in [2.05, 4.69) is 10.5 Å². The molecule has 0 saturated heterocycles. The molecule has 1 amide bonds. The van der Waals surface area contributed by atoms with Gasteiger partial charge in [0.25, 0.3) is 11.6 Å². The molecule has 0 radical (unpaired) electrons. The lowest BCUT2D eigenvalue weighted by atomic mass is 10.2. The second kappa shape index (κ2) is 8.36. The lowest BCUT2D eigenvalue weighted by Gasteiger charge is -2.21. The number of sulfonamides is 1.